The summed E-state index contributed by atoms with van der Waals surface area (Å²) in [7, 11) is 6.25. The molecule has 4 aliphatic heterocycles. The molecule has 4 heterocycles. The number of para-hydroxylation sites is 2. The zero-order chi connectivity index (χ0) is 37.1. The van der Waals surface area contributed by atoms with Crippen LogP contribution in [0.4, 0.5) is 11.4 Å². The lowest BCUT2D eigenvalue weighted by molar-refractivity contribution is -0.117. The zero-order valence-corrected chi connectivity index (χ0v) is 30.0. The van der Waals surface area contributed by atoms with Crippen molar-refractivity contribution in [3.8, 4) is 12.1 Å². The molecular formula is C42H40N4O6. The van der Waals surface area contributed by atoms with E-state index in [1.54, 1.807) is 38.2 Å². The molecule has 4 aromatic rings. The molecule has 264 valence electrons. The van der Waals surface area contributed by atoms with E-state index < -0.39 is 34.5 Å². The number of nitriles is 2. The Bertz CT molecular complexity index is 2010. The average molecular weight is 697 g/mol. The van der Waals surface area contributed by atoms with Gasteiger partial charge in [-0.3, -0.25) is 19.4 Å². The number of rotatable bonds is 8. The molecule has 0 saturated carbocycles. The fourth-order valence-corrected chi connectivity index (χ4v) is 9.27. The van der Waals surface area contributed by atoms with E-state index in [0.29, 0.717) is 24.0 Å². The molecule has 0 fully saturated rings. The van der Waals surface area contributed by atoms with E-state index in [4.69, 9.17) is 18.9 Å². The summed E-state index contributed by atoms with van der Waals surface area (Å²) in [6.45, 7) is 3.95. The highest BCUT2D eigenvalue weighted by Crippen LogP contribution is 2.63. The maximum absolute atomic E-state index is 13.2. The Balaban J connectivity index is 0.000000162. The number of carbonyl (C=O) groups excluding carboxylic acids is 2. The summed E-state index contributed by atoms with van der Waals surface area (Å²) in [4.78, 5) is 30.0. The molecule has 0 bridgehead atoms. The Morgan fingerprint density at radius 1 is 0.538 bits per heavy atom. The molecule has 0 spiro atoms. The zero-order valence-electron chi connectivity index (χ0n) is 30.0. The number of benzene rings is 4. The Hall–Kier alpha value is -5.36. The number of hydrogen-bond donors (Lipinski definition) is 0. The number of methoxy groups -OCH3 is 4. The largest absolute Gasteiger partial charge is 0.356 e. The van der Waals surface area contributed by atoms with Crippen molar-refractivity contribution in [3.05, 3.63) is 130 Å². The molecule has 2 amide bonds. The molecule has 4 atom stereocenters. The van der Waals surface area contributed by atoms with Gasteiger partial charge in [-0.05, 0) is 60.4 Å². The normalized spacial score (nSPS) is 25.8. The molecule has 0 radical (unpaired) electrons. The lowest BCUT2D eigenvalue weighted by Crippen LogP contribution is -2.52. The summed E-state index contributed by atoms with van der Waals surface area (Å²) in [6, 6.07) is 35.5. The van der Waals surface area contributed by atoms with Gasteiger partial charge in [-0.2, -0.15) is 10.5 Å². The minimum absolute atomic E-state index is 0.0703. The molecule has 52 heavy (non-hydrogen) atoms. The molecule has 0 N–H and O–H groups in total. The van der Waals surface area contributed by atoms with E-state index in [9.17, 15) is 20.1 Å². The molecule has 4 aliphatic rings. The van der Waals surface area contributed by atoms with Gasteiger partial charge in [-0.15, -0.1) is 0 Å². The van der Waals surface area contributed by atoms with Gasteiger partial charge in [0.05, 0.1) is 23.2 Å². The summed E-state index contributed by atoms with van der Waals surface area (Å²) in [5.41, 5.74) is 2.66. The fraction of sp³-hybridized carbons (Fsp3) is 0.333. The number of amides is 2. The van der Waals surface area contributed by atoms with Crippen molar-refractivity contribution < 1.29 is 28.5 Å². The van der Waals surface area contributed by atoms with Crippen LogP contribution in [0.2, 0.25) is 0 Å². The van der Waals surface area contributed by atoms with Crippen LogP contribution in [0.1, 0.15) is 69.7 Å². The van der Waals surface area contributed by atoms with Crippen LogP contribution < -0.4 is 9.80 Å². The van der Waals surface area contributed by atoms with Gasteiger partial charge >= 0.3 is 0 Å². The van der Waals surface area contributed by atoms with Crippen molar-refractivity contribution in [2.24, 2.45) is 0 Å². The molecule has 0 unspecified atom stereocenters. The van der Waals surface area contributed by atoms with Crippen LogP contribution in [-0.2, 0) is 40.9 Å². The van der Waals surface area contributed by atoms with Gasteiger partial charge in [0.2, 0.25) is 0 Å². The van der Waals surface area contributed by atoms with Gasteiger partial charge in [-0.1, -0.05) is 72.8 Å². The maximum Gasteiger partial charge on any atom is 0.259 e. The van der Waals surface area contributed by atoms with E-state index in [2.05, 4.69) is 12.1 Å². The number of fused-ring (bicyclic) bond motifs is 10. The first kappa shape index (κ1) is 35.1. The van der Waals surface area contributed by atoms with E-state index in [1.807, 2.05) is 111 Å². The van der Waals surface area contributed by atoms with Crippen molar-refractivity contribution >= 4 is 23.2 Å². The lowest BCUT2D eigenvalue weighted by atomic mass is 9.64. The third-order valence-electron chi connectivity index (χ3n) is 11.9. The topological polar surface area (TPSA) is 125 Å². The lowest BCUT2D eigenvalue weighted by Gasteiger charge is -2.41. The molecule has 0 aliphatic carbocycles. The quantitative estimate of drug-likeness (QED) is 0.187. The predicted molar refractivity (Wildman–Crippen MR) is 194 cm³/mol. The van der Waals surface area contributed by atoms with Crippen LogP contribution >= 0.6 is 0 Å². The Kier molecular flexibility index (Phi) is 8.56. The molecular weight excluding hydrogens is 656 g/mol. The highest BCUT2D eigenvalue weighted by Gasteiger charge is 2.68. The number of hydrogen-bond acceptors (Lipinski definition) is 8. The van der Waals surface area contributed by atoms with E-state index in [-0.39, 0.29) is 11.8 Å². The highest BCUT2D eigenvalue weighted by molar-refractivity contribution is 6.15. The van der Waals surface area contributed by atoms with Gasteiger partial charge in [0.25, 0.3) is 11.8 Å². The van der Waals surface area contributed by atoms with Gasteiger partial charge in [0, 0.05) is 63.8 Å². The summed E-state index contributed by atoms with van der Waals surface area (Å²) in [5.74, 6) is -0.141. The van der Waals surface area contributed by atoms with Crippen molar-refractivity contribution in [2.45, 2.75) is 61.2 Å². The highest BCUT2D eigenvalue weighted by atomic mass is 16.7. The second-order valence-electron chi connectivity index (χ2n) is 13.8. The molecule has 4 aromatic carbocycles. The van der Waals surface area contributed by atoms with Crippen LogP contribution in [0.25, 0.3) is 0 Å². The summed E-state index contributed by atoms with van der Waals surface area (Å²) in [5, 5.41) is 20.9. The maximum atomic E-state index is 13.2. The minimum Gasteiger partial charge on any atom is -0.356 e. The summed E-state index contributed by atoms with van der Waals surface area (Å²) in [6.07, 6.45) is -0.464. The van der Waals surface area contributed by atoms with Gasteiger partial charge in [0.1, 0.15) is 10.8 Å². The SMILES string of the molecule is COC(C[C@@]1(C#N)c2ccccc2N2C(=O)c3ccccc3[C@]21C)OC.COC(C[C@@]1(C#N)c2ccccc2N2C(=O)c3ccccc3[C@]21C)OC. The standard InChI is InChI=1S/2C21H20N2O3/c2*1-20-15-9-5-4-8-14(15)19(24)23(20)17-11-7-6-10-16(17)21(20,13-22)12-18(25-2)26-3/h2*4-11,18H,12H2,1-3H3/t2*20-,21+/m00/s1. The first-order valence-corrected chi connectivity index (χ1v) is 17.1. The first-order valence-electron chi connectivity index (χ1n) is 17.1. The van der Waals surface area contributed by atoms with E-state index >= 15 is 0 Å². The second kappa shape index (κ2) is 12.7. The van der Waals surface area contributed by atoms with Gasteiger partial charge < -0.3 is 18.9 Å². The second-order valence-corrected chi connectivity index (χ2v) is 13.8. The van der Waals surface area contributed by atoms with Crippen molar-refractivity contribution in [1.29, 1.82) is 10.5 Å². The van der Waals surface area contributed by atoms with Crippen molar-refractivity contribution in [3.63, 3.8) is 0 Å². The number of carbonyl (C=O) groups is 2. The third kappa shape index (κ3) is 4.30. The van der Waals surface area contributed by atoms with Crippen LogP contribution in [-0.4, -0.2) is 52.8 Å². The molecule has 10 heteroatoms. The Labute approximate surface area is 303 Å². The van der Waals surface area contributed by atoms with E-state index in [0.717, 1.165) is 33.6 Å². The Morgan fingerprint density at radius 3 is 1.17 bits per heavy atom. The van der Waals surface area contributed by atoms with Crippen LogP contribution in [0.5, 0.6) is 0 Å². The number of anilines is 2. The molecule has 10 nitrogen and oxygen atoms in total. The molecule has 0 aromatic heterocycles. The smallest absolute Gasteiger partial charge is 0.259 e. The molecule has 0 saturated heterocycles. The van der Waals surface area contributed by atoms with Crippen LogP contribution in [0.15, 0.2) is 97.1 Å². The van der Waals surface area contributed by atoms with Gasteiger partial charge in [-0.25, -0.2) is 0 Å². The summed E-state index contributed by atoms with van der Waals surface area (Å²) < 4.78 is 21.7. The van der Waals surface area contributed by atoms with Crippen LogP contribution in [0, 0.1) is 22.7 Å². The van der Waals surface area contributed by atoms with Gasteiger partial charge in [0.15, 0.2) is 12.6 Å². The average Bonchev–Trinajstić information content (AvgIpc) is 3.75. The first-order chi connectivity index (χ1) is 25.1. The number of ether oxygens (including phenoxy) is 4. The monoisotopic (exact) mass is 696 g/mol. The number of nitrogens with zero attached hydrogens (tertiary/aromatic N) is 4. The fourth-order valence-electron chi connectivity index (χ4n) is 9.27. The third-order valence-corrected chi connectivity index (χ3v) is 11.9. The van der Waals surface area contributed by atoms with Crippen molar-refractivity contribution in [2.75, 3.05) is 38.2 Å². The predicted octanol–water partition coefficient (Wildman–Crippen LogP) is 6.69. The minimum atomic E-state index is -0.984. The van der Waals surface area contributed by atoms with Crippen LogP contribution in [0.3, 0.4) is 0 Å². The van der Waals surface area contributed by atoms with Crippen molar-refractivity contribution in [1.82, 2.24) is 0 Å². The molecule has 8 rings (SSSR count). The Morgan fingerprint density at radius 2 is 0.846 bits per heavy atom. The van der Waals surface area contributed by atoms with E-state index in [1.165, 1.54) is 0 Å². The summed E-state index contributed by atoms with van der Waals surface area (Å²) >= 11 is 0.